The number of benzene rings is 2. The summed E-state index contributed by atoms with van der Waals surface area (Å²) < 4.78 is 27.5. The van der Waals surface area contributed by atoms with Crippen LogP contribution in [0.25, 0.3) is 0 Å². The van der Waals surface area contributed by atoms with Crippen LogP contribution < -0.4 is 11.3 Å². The van der Waals surface area contributed by atoms with Gasteiger partial charge in [0.05, 0.1) is 6.04 Å². The van der Waals surface area contributed by atoms with Crippen molar-refractivity contribution in [1.82, 2.24) is 5.43 Å². The van der Waals surface area contributed by atoms with Gasteiger partial charge in [-0.15, -0.1) is 0 Å². The van der Waals surface area contributed by atoms with E-state index in [1.165, 1.54) is 30.3 Å². The molecule has 94 valence electrons. The van der Waals surface area contributed by atoms with Gasteiger partial charge < -0.3 is 0 Å². The molecule has 0 bridgehead atoms. The van der Waals surface area contributed by atoms with Crippen molar-refractivity contribution in [3.8, 4) is 0 Å². The summed E-state index contributed by atoms with van der Waals surface area (Å²) >= 11 is 5.95. The van der Waals surface area contributed by atoms with Crippen molar-refractivity contribution >= 4 is 11.6 Å². The van der Waals surface area contributed by atoms with Crippen LogP contribution in [-0.4, -0.2) is 0 Å². The molecule has 1 unspecified atom stereocenters. The molecule has 2 rings (SSSR count). The quantitative estimate of drug-likeness (QED) is 0.663. The molecule has 1 atom stereocenters. The Bertz CT molecular complexity index is 540. The monoisotopic (exact) mass is 268 g/mol. The van der Waals surface area contributed by atoms with Crippen molar-refractivity contribution in [3.63, 3.8) is 0 Å². The van der Waals surface area contributed by atoms with Gasteiger partial charge in [-0.05, 0) is 18.2 Å². The van der Waals surface area contributed by atoms with E-state index in [4.69, 9.17) is 17.4 Å². The minimum Gasteiger partial charge on any atom is -0.271 e. The molecule has 2 nitrogen and oxygen atoms in total. The predicted molar refractivity (Wildman–Crippen MR) is 67.0 cm³/mol. The van der Waals surface area contributed by atoms with Crippen molar-refractivity contribution in [3.05, 3.63) is 70.2 Å². The standard InChI is InChI=1S/C13H11ClF2N2/c14-9-5-3-7-11(16)12(9)13(18-17)8-4-1-2-6-10(8)15/h1-7,13,18H,17H2. The van der Waals surface area contributed by atoms with E-state index in [-0.39, 0.29) is 16.1 Å². The lowest BCUT2D eigenvalue weighted by molar-refractivity contribution is 0.531. The highest BCUT2D eigenvalue weighted by atomic mass is 35.5. The largest absolute Gasteiger partial charge is 0.271 e. The molecule has 0 amide bonds. The molecule has 0 aromatic heterocycles. The van der Waals surface area contributed by atoms with Gasteiger partial charge in [0.15, 0.2) is 0 Å². The molecule has 0 saturated carbocycles. The second kappa shape index (κ2) is 5.44. The highest BCUT2D eigenvalue weighted by molar-refractivity contribution is 6.31. The number of nitrogens with one attached hydrogen (secondary N) is 1. The Morgan fingerprint density at radius 2 is 1.67 bits per heavy atom. The fourth-order valence-corrected chi connectivity index (χ4v) is 2.10. The second-order valence-corrected chi connectivity index (χ2v) is 4.16. The van der Waals surface area contributed by atoms with Gasteiger partial charge in [-0.1, -0.05) is 35.9 Å². The first-order valence-electron chi connectivity index (χ1n) is 5.29. The molecule has 0 saturated heterocycles. The molecule has 0 aliphatic rings. The molecule has 0 radical (unpaired) electrons. The zero-order valence-electron chi connectivity index (χ0n) is 9.33. The summed E-state index contributed by atoms with van der Waals surface area (Å²) in [6, 6.07) is 9.46. The summed E-state index contributed by atoms with van der Waals surface area (Å²) in [5.41, 5.74) is 2.77. The van der Waals surface area contributed by atoms with Gasteiger partial charge in [0.25, 0.3) is 0 Å². The first kappa shape index (κ1) is 13.0. The number of halogens is 3. The van der Waals surface area contributed by atoms with Gasteiger partial charge in [-0.3, -0.25) is 5.84 Å². The van der Waals surface area contributed by atoms with E-state index in [0.717, 1.165) is 0 Å². The average Bonchev–Trinajstić information content (AvgIpc) is 2.35. The fraction of sp³-hybridized carbons (Fsp3) is 0.0769. The maximum atomic E-state index is 13.8. The summed E-state index contributed by atoms with van der Waals surface area (Å²) in [7, 11) is 0. The Kier molecular flexibility index (Phi) is 3.91. The van der Waals surface area contributed by atoms with Crippen LogP contribution >= 0.6 is 11.6 Å². The Balaban J connectivity index is 2.56. The smallest absolute Gasteiger partial charge is 0.129 e. The van der Waals surface area contributed by atoms with E-state index in [9.17, 15) is 8.78 Å². The summed E-state index contributed by atoms with van der Waals surface area (Å²) in [5, 5.41) is 0.196. The Morgan fingerprint density at radius 1 is 1.00 bits per heavy atom. The van der Waals surface area contributed by atoms with Crippen LogP contribution in [-0.2, 0) is 0 Å². The minimum absolute atomic E-state index is 0.131. The number of nitrogens with two attached hydrogens (primary N) is 1. The van der Waals surface area contributed by atoms with Gasteiger partial charge in [-0.2, -0.15) is 0 Å². The highest BCUT2D eigenvalue weighted by Crippen LogP contribution is 2.31. The second-order valence-electron chi connectivity index (χ2n) is 3.76. The van der Waals surface area contributed by atoms with E-state index >= 15 is 0 Å². The van der Waals surface area contributed by atoms with Gasteiger partial charge >= 0.3 is 0 Å². The third-order valence-corrected chi connectivity index (χ3v) is 3.00. The van der Waals surface area contributed by atoms with Gasteiger partial charge in [0.1, 0.15) is 11.6 Å². The number of rotatable bonds is 3. The summed E-state index contributed by atoms with van der Waals surface area (Å²) in [6.45, 7) is 0. The molecular formula is C13H11ClF2N2. The lowest BCUT2D eigenvalue weighted by Gasteiger charge is -2.19. The summed E-state index contributed by atoms with van der Waals surface area (Å²) in [4.78, 5) is 0. The van der Waals surface area contributed by atoms with Crippen molar-refractivity contribution in [2.24, 2.45) is 5.84 Å². The fourth-order valence-electron chi connectivity index (χ4n) is 1.82. The molecular weight excluding hydrogens is 258 g/mol. The molecule has 0 heterocycles. The third kappa shape index (κ3) is 2.36. The molecule has 2 aromatic rings. The van der Waals surface area contributed by atoms with Crippen LogP contribution in [0.15, 0.2) is 42.5 Å². The Labute approximate surface area is 108 Å². The maximum absolute atomic E-state index is 13.8. The van der Waals surface area contributed by atoms with E-state index < -0.39 is 17.7 Å². The van der Waals surface area contributed by atoms with E-state index in [1.807, 2.05) is 0 Å². The molecule has 3 N–H and O–H groups in total. The Hall–Kier alpha value is -1.49. The first-order chi connectivity index (χ1) is 8.65. The van der Waals surface area contributed by atoms with Crippen LogP contribution in [0.2, 0.25) is 5.02 Å². The number of hydrogen-bond donors (Lipinski definition) is 2. The maximum Gasteiger partial charge on any atom is 0.129 e. The van der Waals surface area contributed by atoms with Crippen molar-refractivity contribution < 1.29 is 8.78 Å². The minimum atomic E-state index is -0.833. The molecule has 0 aliphatic carbocycles. The molecule has 0 aliphatic heterocycles. The summed E-state index contributed by atoms with van der Waals surface area (Å²) in [5.74, 6) is 4.40. The number of hydrazine groups is 1. The summed E-state index contributed by atoms with van der Waals surface area (Å²) in [6.07, 6.45) is 0. The lowest BCUT2D eigenvalue weighted by Crippen LogP contribution is -2.30. The highest BCUT2D eigenvalue weighted by Gasteiger charge is 2.22. The van der Waals surface area contributed by atoms with Gasteiger partial charge in [0.2, 0.25) is 0 Å². The van der Waals surface area contributed by atoms with Crippen LogP contribution in [0.1, 0.15) is 17.2 Å². The first-order valence-corrected chi connectivity index (χ1v) is 5.67. The van der Waals surface area contributed by atoms with Crippen molar-refractivity contribution in [1.29, 1.82) is 0 Å². The van der Waals surface area contributed by atoms with Gasteiger partial charge in [-0.25, -0.2) is 14.2 Å². The third-order valence-electron chi connectivity index (χ3n) is 2.67. The number of hydrogen-bond acceptors (Lipinski definition) is 2. The molecule has 0 spiro atoms. The molecule has 2 aromatic carbocycles. The SMILES string of the molecule is NNC(c1ccccc1F)c1c(F)cccc1Cl. The van der Waals surface area contributed by atoms with Gasteiger partial charge in [0, 0.05) is 16.1 Å². The van der Waals surface area contributed by atoms with Crippen LogP contribution in [0.5, 0.6) is 0 Å². The molecule has 18 heavy (non-hydrogen) atoms. The van der Waals surface area contributed by atoms with Crippen molar-refractivity contribution in [2.75, 3.05) is 0 Å². The topological polar surface area (TPSA) is 38.0 Å². The van der Waals surface area contributed by atoms with E-state index in [1.54, 1.807) is 12.1 Å². The molecule has 5 heteroatoms. The zero-order chi connectivity index (χ0) is 13.1. The van der Waals surface area contributed by atoms with Crippen LogP contribution in [0, 0.1) is 11.6 Å². The lowest BCUT2D eigenvalue weighted by atomic mass is 9.98. The van der Waals surface area contributed by atoms with E-state index in [2.05, 4.69) is 5.43 Å². The normalized spacial score (nSPS) is 12.4. The van der Waals surface area contributed by atoms with Crippen LogP contribution in [0.4, 0.5) is 8.78 Å². The molecule has 0 fully saturated rings. The zero-order valence-corrected chi connectivity index (χ0v) is 10.1. The van der Waals surface area contributed by atoms with E-state index in [0.29, 0.717) is 0 Å². The predicted octanol–water partition coefficient (Wildman–Crippen LogP) is 3.17. The van der Waals surface area contributed by atoms with Crippen LogP contribution in [0.3, 0.4) is 0 Å². The Morgan fingerprint density at radius 3 is 2.28 bits per heavy atom. The average molecular weight is 269 g/mol. The van der Waals surface area contributed by atoms with Crippen molar-refractivity contribution in [2.45, 2.75) is 6.04 Å².